The molecule has 1 aliphatic heterocycles. The molecule has 1 N–H and O–H groups in total. The third-order valence-corrected chi connectivity index (χ3v) is 8.52. The van der Waals surface area contributed by atoms with Crippen molar-refractivity contribution in [2.45, 2.75) is 53.0 Å². The third-order valence-electron chi connectivity index (χ3n) is 6.54. The van der Waals surface area contributed by atoms with E-state index in [0.717, 1.165) is 19.3 Å². The fraction of sp³-hybridized carbons (Fsp3) is 0.938. The molecule has 0 aromatic carbocycles. The van der Waals surface area contributed by atoms with Crippen molar-refractivity contribution < 1.29 is 13.2 Å². The van der Waals surface area contributed by atoms with Gasteiger partial charge in [-0.15, -0.1) is 0 Å². The quantitative estimate of drug-likeness (QED) is 0.852. The summed E-state index contributed by atoms with van der Waals surface area (Å²) in [7, 11) is -3.32. The Morgan fingerprint density at radius 2 is 2.05 bits per heavy atom. The van der Waals surface area contributed by atoms with Crippen LogP contribution in [-0.4, -0.2) is 43.5 Å². The van der Waals surface area contributed by atoms with Gasteiger partial charge in [-0.1, -0.05) is 27.7 Å². The Bertz CT molecular complexity index is 584. The first-order chi connectivity index (χ1) is 10.1. The molecule has 6 heteroatoms. The molecule has 1 spiro atoms. The standard InChI is InChI=1S/C16H28N2O3S/c1-11(2)8-17-14(19)9-18-13-7-12-5-6-16(13,15(12,3)4)10-22(18,20)21/h11-13H,5-10H2,1-4H3,(H,17,19)/t12-,13-,16-/m1/s1. The van der Waals surface area contributed by atoms with Crippen molar-refractivity contribution in [2.75, 3.05) is 18.8 Å². The number of nitrogens with one attached hydrogen (secondary N) is 1. The zero-order chi connectivity index (χ0) is 16.3. The average molecular weight is 328 g/mol. The second-order valence-electron chi connectivity index (χ2n) is 8.36. The molecule has 2 saturated carbocycles. The van der Waals surface area contributed by atoms with E-state index in [0.29, 0.717) is 18.4 Å². The number of carbonyl (C=O) groups excluding carboxylic acids is 1. The Kier molecular flexibility index (Phi) is 3.64. The van der Waals surface area contributed by atoms with Crippen molar-refractivity contribution in [3.05, 3.63) is 0 Å². The molecule has 5 nitrogen and oxygen atoms in total. The Morgan fingerprint density at radius 3 is 2.64 bits per heavy atom. The van der Waals surface area contributed by atoms with Gasteiger partial charge < -0.3 is 5.32 Å². The number of nitrogens with zero attached hydrogens (tertiary/aromatic N) is 1. The molecule has 1 saturated heterocycles. The fourth-order valence-electron chi connectivity index (χ4n) is 5.10. The van der Waals surface area contributed by atoms with Crippen molar-refractivity contribution in [1.82, 2.24) is 9.62 Å². The molecule has 3 aliphatic rings. The monoisotopic (exact) mass is 328 g/mol. The van der Waals surface area contributed by atoms with E-state index in [2.05, 4.69) is 19.2 Å². The maximum atomic E-state index is 12.7. The van der Waals surface area contributed by atoms with Gasteiger partial charge in [0.05, 0.1) is 12.3 Å². The lowest BCUT2D eigenvalue weighted by Gasteiger charge is -2.37. The number of carbonyl (C=O) groups is 1. The first kappa shape index (κ1) is 16.2. The van der Waals surface area contributed by atoms with E-state index in [1.807, 2.05) is 13.8 Å². The summed E-state index contributed by atoms with van der Waals surface area (Å²) in [5.74, 6) is 1.02. The topological polar surface area (TPSA) is 66.5 Å². The zero-order valence-electron chi connectivity index (χ0n) is 14.1. The van der Waals surface area contributed by atoms with Gasteiger partial charge in [-0.25, -0.2) is 8.42 Å². The maximum Gasteiger partial charge on any atom is 0.235 e. The first-order valence-electron chi connectivity index (χ1n) is 8.36. The summed E-state index contributed by atoms with van der Waals surface area (Å²) >= 11 is 0. The lowest BCUT2D eigenvalue weighted by atomic mass is 9.69. The van der Waals surface area contributed by atoms with Crippen LogP contribution < -0.4 is 5.32 Å². The molecule has 1 heterocycles. The van der Waals surface area contributed by atoms with Gasteiger partial charge in [-0.2, -0.15) is 4.31 Å². The average Bonchev–Trinajstić information content (AvgIpc) is 2.86. The molecule has 126 valence electrons. The van der Waals surface area contributed by atoms with E-state index < -0.39 is 10.0 Å². The lowest BCUT2D eigenvalue weighted by molar-refractivity contribution is -0.122. The number of amides is 1. The SMILES string of the molecule is CC(C)CNC(=O)CN1[C@@H]2C[C@H]3CC[C@]2(CS1(=O)=O)C3(C)C. The fourth-order valence-corrected chi connectivity index (χ4v) is 7.61. The number of sulfonamides is 1. The van der Waals surface area contributed by atoms with E-state index in [1.165, 1.54) is 4.31 Å². The highest BCUT2D eigenvalue weighted by Gasteiger charge is 2.71. The molecule has 0 aromatic heterocycles. The van der Waals surface area contributed by atoms with Gasteiger partial charge in [0.25, 0.3) is 0 Å². The van der Waals surface area contributed by atoms with E-state index in [4.69, 9.17) is 0 Å². The van der Waals surface area contributed by atoms with Crippen LogP contribution in [0, 0.1) is 22.7 Å². The van der Waals surface area contributed by atoms with Gasteiger partial charge in [0.15, 0.2) is 0 Å². The molecule has 0 aromatic rings. The van der Waals surface area contributed by atoms with Crippen molar-refractivity contribution in [2.24, 2.45) is 22.7 Å². The maximum absolute atomic E-state index is 12.7. The van der Waals surface area contributed by atoms with Gasteiger partial charge in [-0.3, -0.25) is 4.79 Å². The Morgan fingerprint density at radius 1 is 1.36 bits per heavy atom. The highest BCUT2D eigenvalue weighted by atomic mass is 32.2. The second-order valence-corrected chi connectivity index (χ2v) is 10.3. The Hall–Kier alpha value is -0.620. The minimum absolute atomic E-state index is 0.00965. The molecule has 2 aliphatic carbocycles. The summed E-state index contributed by atoms with van der Waals surface area (Å²) in [6.07, 6.45) is 3.04. The number of hydrogen-bond donors (Lipinski definition) is 1. The molecule has 3 rings (SSSR count). The van der Waals surface area contributed by atoms with Crippen LogP contribution in [0.2, 0.25) is 0 Å². The Balaban J connectivity index is 1.80. The van der Waals surface area contributed by atoms with Crippen molar-refractivity contribution in [3.63, 3.8) is 0 Å². The molecule has 22 heavy (non-hydrogen) atoms. The summed E-state index contributed by atoms with van der Waals surface area (Å²) in [6, 6.07) is 0.0241. The molecule has 0 radical (unpaired) electrons. The molecule has 1 amide bonds. The van der Waals surface area contributed by atoms with E-state index in [1.54, 1.807) is 0 Å². The number of hydrogen-bond acceptors (Lipinski definition) is 3. The van der Waals surface area contributed by atoms with Crippen molar-refractivity contribution in [3.8, 4) is 0 Å². The van der Waals surface area contributed by atoms with Gasteiger partial charge in [0.2, 0.25) is 15.9 Å². The predicted molar refractivity (Wildman–Crippen MR) is 85.7 cm³/mol. The predicted octanol–water partition coefficient (Wildman–Crippen LogP) is 1.60. The van der Waals surface area contributed by atoms with Crippen LogP contribution in [0.15, 0.2) is 0 Å². The van der Waals surface area contributed by atoms with Gasteiger partial charge in [0, 0.05) is 18.0 Å². The first-order valence-corrected chi connectivity index (χ1v) is 9.97. The largest absolute Gasteiger partial charge is 0.355 e. The van der Waals surface area contributed by atoms with Gasteiger partial charge in [-0.05, 0) is 36.5 Å². The minimum atomic E-state index is -3.32. The summed E-state index contributed by atoms with van der Waals surface area (Å²) in [4.78, 5) is 12.1. The molecular weight excluding hydrogens is 300 g/mol. The summed E-state index contributed by atoms with van der Waals surface area (Å²) in [5, 5.41) is 2.84. The van der Waals surface area contributed by atoms with Gasteiger partial charge in [0.1, 0.15) is 0 Å². The highest BCUT2D eigenvalue weighted by molar-refractivity contribution is 7.89. The number of rotatable bonds is 4. The van der Waals surface area contributed by atoms with Crippen LogP contribution in [0.5, 0.6) is 0 Å². The normalized spacial score (nSPS) is 38.4. The van der Waals surface area contributed by atoms with Crippen LogP contribution in [0.25, 0.3) is 0 Å². The molecule has 3 atom stereocenters. The van der Waals surface area contributed by atoms with E-state index in [-0.39, 0.29) is 35.1 Å². The second kappa shape index (κ2) is 4.94. The van der Waals surface area contributed by atoms with Crippen molar-refractivity contribution in [1.29, 1.82) is 0 Å². The number of fused-ring (bicyclic) bond motifs is 1. The van der Waals surface area contributed by atoms with Crippen LogP contribution in [0.1, 0.15) is 47.0 Å². The third kappa shape index (κ3) is 2.13. The van der Waals surface area contributed by atoms with Crippen LogP contribution in [0.4, 0.5) is 0 Å². The van der Waals surface area contributed by atoms with Crippen LogP contribution >= 0.6 is 0 Å². The minimum Gasteiger partial charge on any atom is -0.355 e. The van der Waals surface area contributed by atoms with Crippen LogP contribution in [0.3, 0.4) is 0 Å². The summed E-state index contributed by atoms with van der Waals surface area (Å²) < 4.78 is 26.8. The molecular formula is C16H28N2O3S. The van der Waals surface area contributed by atoms with Gasteiger partial charge >= 0.3 is 0 Å². The smallest absolute Gasteiger partial charge is 0.235 e. The summed E-state index contributed by atoms with van der Waals surface area (Å²) in [5.41, 5.74) is -0.0806. The lowest BCUT2D eigenvalue weighted by Crippen LogP contribution is -2.46. The summed E-state index contributed by atoms with van der Waals surface area (Å²) in [6.45, 7) is 9.09. The Labute approximate surface area is 133 Å². The highest BCUT2D eigenvalue weighted by Crippen LogP contribution is 2.69. The zero-order valence-corrected chi connectivity index (χ0v) is 14.9. The van der Waals surface area contributed by atoms with Crippen molar-refractivity contribution >= 4 is 15.9 Å². The molecule has 0 unspecified atom stereocenters. The van der Waals surface area contributed by atoms with E-state index in [9.17, 15) is 13.2 Å². The van der Waals surface area contributed by atoms with Crippen LogP contribution in [-0.2, 0) is 14.8 Å². The van der Waals surface area contributed by atoms with E-state index >= 15 is 0 Å². The molecule has 2 bridgehead atoms. The molecule has 3 fully saturated rings.